The van der Waals surface area contributed by atoms with Crippen LogP contribution >= 0.6 is 23.2 Å². The molecule has 2 aromatic heterocycles. The Morgan fingerprint density at radius 2 is 1.92 bits per heavy atom. The minimum atomic E-state index is -0.187. The Kier molecular flexibility index (Phi) is 5.35. The highest BCUT2D eigenvalue weighted by atomic mass is 35.5. The molecule has 130 valence electrons. The Hall–Kier alpha value is -2.38. The number of aryl methyl sites for hydroxylation is 2. The number of nitrogens with one attached hydrogen (secondary N) is 1. The molecule has 9 heteroatoms. The summed E-state index contributed by atoms with van der Waals surface area (Å²) in [5.41, 5.74) is 1.78. The van der Waals surface area contributed by atoms with E-state index in [1.54, 1.807) is 21.9 Å². The van der Waals surface area contributed by atoms with E-state index in [1.165, 1.54) is 0 Å². The average molecular weight is 379 g/mol. The lowest BCUT2D eigenvalue weighted by atomic mass is 10.2. The molecule has 0 radical (unpaired) electrons. The predicted molar refractivity (Wildman–Crippen MR) is 95.8 cm³/mol. The zero-order valence-electron chi connectivity index (χ0n) is 13.5. The maximum absolute atomic E-state index is 12.0. The number of hydrogen-bond acceptors (Lipinski definition) is 4. The molecule has 0 spiro atoms. The lowest BCUT2D eigenvalue weighted by Crippen LogP contribution is -2.16. The number of hydrogen-bond donors (Lipinski definition) is 1. The van der Waals surface area contributed by atoms with Crippen LogP contribution in [0.2, 0.25) is 10.0 Å². The fourth-order valence-corrected chi connectivity index (χ4v) is 2.49. The van der Waals surface area contributed by atoms with Gasteiger partial charge in [-0.05, 0) is 24.6 Å². The maximum atomic E-state index is 12.0. The van der Waals surface area contributed by atoms with E-state index in [-0.39, 0.29) is 18.3 Å². The number of rotatable bonds is 6. The molecule has 7 nitrogen and oxygen atoms in total. The third kappa shape index (κ3) is 4.80. The van der Waals surface area contributed by atoms with Gasteiger partial charge in [0.1, 0.15) is 6.33 Å². The van der Waals surface area contributed by atoms with Crippen LogP contribution < -0.4 is 5.32 Å². The lowest BCUT2D eigenvalue weighted by Gasteiger charge is -2.02. The summed E-state index contributed by atoms with van der Waals surface area (Å²) < 4.78 is 3.29. The monoisotopic (exact) mass is 378 g/mol. The molecule has 1 aromatic carbocycles. The van der Waals surface area contributed by atoms with Crippen molar-refractivity contribution in [1.82, 2.24) is 24.5 Å². The Labute approximate surface area is 154 Å². The van der Waals surface area contributed by atoms with E-state index in [2.05, 4.69) is 20.5 Å². The van der Waals surface area contributed by atoms with Crippen LogP contribution in [0.5, 0.6) is 0 Å². The van der Waals surface area contributed by atoms with E-state index in [1.807, 2.05) is 31.2 Å². The van der Waals surface area contributed by atoms with Crippen LogP contribution in [-0.2, 0) is 17.9 Å². The van der Waals surface area contributed by atoms with E-state index >= 15 is 0 Å². The van der Waals surface area contributed by atoms with E-state index < -0.39 is 0 Å². The van der Waals surface area contributed by atoms with Gasteiger partial charge in [0.15, 0.2) is 0 Å². The summed E-state index contributed by atoms with van der Waals surface area (Å²) in [6.07, 6.45) is 3.52. The molecule has 0 aliphatic rings. The predicted octanol–water partition coefficient (Wildman–Crippen LogP) is 3.17. The molecule has 0 aliphatic heterocycles. The van der Waals surface area contributed by atoms with Crippen molar-refractivity contribution in [2.24, 2.45) is 0 Å². The molecule has 25 heavy (non-hydrogen) atoms. The molecule has 2 heterocycles. The quantitative estimate of drug-likeness (QED) is 0.714. The summed E-state index contributed by atoms with van der Waals surface area (Å²) in [5, 5.41) is 12.4. The summed E-state index contributed by atoms with van der Waals surface area (Å²) in [7, 11) is 0. The first-order chi connectivity index (χ1) is 12.0. The van der Waals surface area contributed by atoms with E-state index in [0.717, 1.165) is 11.3 Å². The minimum absolute atomic E-state index is 0.187. The van der Waals surface area contributed by atoms with Crippen molar-refractivity contribution < 1.29 is 4.79 Å². The number of carbonyl (C=O) groups excluding carboxylic acids is 1. The van der Waals surface area contributed by atoms with Crippen molar-refractivity contribution >= 4 is 35.1 Å². The third-order valence-electron chi connectivity index (χ3n) is 3.50. The first kappa shape index (κ1) is 17.4. The second-order valence-corrected chi connectivity index (χ2v) is 6.36. The molecule has 3 aromatic rings. The molecule has 1 amide bonds. The van der Waals surface area contributed by atoms with Crippen molar-refractivity contribution in [3.05, 3.63) is 58.1 Å². The van der Waals surface area contributed by atoms with Gasteiger partial charge >= 0.3 is 0 Å². The lowest BCUT2D eigenvalue weighted by molar-refractivity contribution is -0.116. The highest BCUT2D eigenvalue weighted by Crippen LogP contribution is 2.13. The van der Waals surface area contributed by atoms with Crippen LogP contribution in [0, 0.1) is 6.92 Å². The van der Waals surface area contributed by atoms with Gasteiger partial charge in [0.2, 0.25) is 11.9 Å². The Bertz CT molecular complexity index is 852. The van der Waals surface area contributed by atoms with Crippen molar-refractivity contribution in [2.75, 3.05) is 5.32 Å². The van der Waals surface area contributed by atoms with Crippen LogP contribution in [0.15, 0.2) is 36.8 Å². The van der Waals surface area contributed by atoms with Gasteiger partial charge in [-0.25, -0.2) is 9.67 Å². The first-order valence-corrected chi connectivity index (χ1v) is 8.38. The maximum Gasteiger partial charge on any atom is 0.248 e. The number of carbonyl (C=O) groups is 1. The number of nitrogens with zero attached hydrogens (tertiary/aromatic N) is 5. The summed E-state index contributed by atoms with van der Waals surface area (Å²) in [6.45, 7) is 2.80. The van der Waals surface area contributed by atoms with Gasteiger partial charge in [-0.15, -0.1) is 5.10 Å². The van der Waals surface area contributed by atoms with Gasteiger partial charge < -0.3 is 0 Å². The standard InChI is InChI=1S/C16H16Cl2N6O/c1-11-14(18)9-23(21-11)7-6-15(25)20-16-19-10-24(22-16)8-12-2-4-13(17)5-3-12/h2-5,9-10H,6-8H2,1H3,(H,20,22,25). The van der Waals surface area contributed by atoms with Crippen LogP contribution in [0.1, 0.15) is 17.7 Å². The molecule has 0 saturated heterocycles. The Morgan fingerprint density at radius 3 is 2.60 bits per heavy atom. The topological polar surface area (TPSA) is 77.6 Å². The van der Waals surface area contributed by atoms with Crippen molar-refractivity contribution in [3.8, 4) is 0 Å². The number of halogens is 2. The van der Waals surface area contributed by atoms with Crippen LogP contribution in [-0.4, -0.2) is 30.5 Å². The summed E-state index contributed by atoms with van der Waals surface area (Å²) in [5.74, 6) is 0.0853. The molecular weight excluding hydrogens is 363 g/mol. The number of aromatic nitrogens is 5. The van der Waals surface area contributed by atoms with Gasteiger partial charge in [-0.1, -0.05) is 35.3 Å². The van der Waals surface area contributed by atoms with Crippen molar-refractivity contribution in [3.63, 3.8) is 0 Å². The second kappa shape index (κ2) is 7.67. The molecule has 0 atom stereocenters. The van der Waals surface area contributed by atoms with Gasteiger partial charge in [-0.3, -0.25) is 14.8 Å². The largest absolute Gasteiger partial charge is 0.293 e. The molecule has 0 unspecified atom stereocenters. The third-order valence-corrected chi connectivity index (χ3v) is 4.12. The number of amides is 1. The molecule has 0 aliphatic carbocycles. The smallest absolute Gasteiger partial charge is 0.248 e. The molecule has 1 N–H and O–H groups in total. The van der Waals surface area contributed by atoms with Crippen LogP contribution in [0.25, 0.3) is 0 Å². The first-order valence-electron chi connectivity index (χ1n) is 7.63. The van der Waals surface area contributed by atoms with Gasteiger partial charge in [-0.2, -0.15) is 5.10 Å². The molecule has 0 fully saturated rings. The SMILES string of the molecule is Cc1nn(CCC(=O)Nc2ncn(Cc3ccc(Cl)cc3)n2)cc1Cl. The Morgan fingerprint density at radius 1 is 1.16 bits per heavy atom. The van der Waals surface area contributed by atoms with Crippen LogP contribution in [0.4, 0.5) is 5.95 Å². The van der Waals surface area contributed by atoms with Gasteiger partial charge in [0, 0.05) is 24.2 Å². The highest BCUT2D eigenvalue weighted by Gasteiger charge is 2.09. The second-order valence-electron chi connectivity index (χ2n) is 5.52. The molecule has 0 saturated carbocycles. The Balaban J connectivity index is 1.51. The van der Waals surface area contributed by atoms with Crippen molar-refractivity contribution in [2.45, 2.75) is 26.4 Å². The summed E-state index contributed by atoms with van der Waals surface area (Å²) in [6, 6.07) is 7.47. The molecular formula is C16H16Cl2N6O. The molecule has 0 bridgehead atoms. The van der Waals surface area contributed by atoms with Gasteiger partial charge in [0.05, 0.1) is 17.3 Å². The highest BCUT2D eigenvalue weighted by molar-refractivity contribution is 6.31. The fraction of sp³-hybridized carbons (Fsp3) is 0.250. The summed E-state index contributed by atoms with van der Waals surface area (Å²) >= 11 is 11.8. The summed E-state index contributed by atoms with van der Waals surface area (Å²) in [4.78, 5) is 16.1. The van der Waals surface area contributed by atoms with Crippen LogP contribution in [0.3, 0.4) is 0 Å². The van der Waals surface area contributed by atoms with Crippen molar-refractivity contribution in [1.29, 1.82) is 0 Å². The van der Waals surface area contributed by atoms with E-state index in [0.29, 0.717) is 23.1 Å². The zero-order valence-corrected chi connectivity index (χ0v) is 15.0. The van der Waals surface area contributed by atoms with E-state index in [4.69, 9.17) is 23.2 Å². The number of benzene rings is 1. The zero-order chi connectivity index (χ0) is 17.8. The molecule has 3 rings (SSSR count). The van der Waals surface area contributed by atoms with E-state index in [9.17, 15) is 4.79 Å². The fourth-order valence-electron chi connectivity index (χ4n) is 2.22. The minimum Gasteiger partial charge on any atom is -0.293 e. The number of anilines is 1. The normalized spacial score (nSPS) is 10.8. The van der Waals surface area contributed by atoms with Gasteiger partial charge in [0.25, 0.3) is 0 Å². The average Bonchev–Trinajstić information content (AvgIpc) is 3.14.